The molecule has 20 heavy (non-hydrogen) atoms. The predicted octanol–water partition coefficient (Wildman–Crippen LogP) is 0.570. The zero-order chi connectivity index (χ0) is 14.6. The van der Waals surface area contributed by atoms with Crippen molar-refractivity contribution in [3.05, 3.63) is 48.2 Å². The molecule has 2 rings (SSSR count). The van der Waals surface area contributed by atoms with Gasteiger partial charge >= 0.3 is 0 Å². The molecule has 0 aliphatic carbocycles. The van der Waals surface area contributed by atoms with Gasteiger partial charge in [-0.2, -0.15) is 9.40 Å². The first-order valence-electron chi connectivity index (χ1n) is 6.28. The molecule has 108 valence electrons. The van der Waals surface area contributed by atoms with Crippen LogP contribution in [0.3, 0.4) is 0 Å². The number of rotatable bonds is 6. The Kier molecular flexibility index (Phi) is 4.53. The van der Waals surface area contributed by atoms with Crippen LogP contribution in [0.2, 0.25) is 0 Å². The topological polar surface area (TPSA) is 81.2 Å². The summed E-state index contributed by atoms with van der Waals surface area (Å²) in [7, 11) is -1.99. The highest BCUT2D eigenvalue weighted by Gasteiger charge is 2.26. The average Bonchev–Trinajstić information content (AvgIpc) is 2.86. The molecule has 0 saturated carbocycles. The van der Waals surface area contributed by atoms with Gasteiger partial charge in [-0.05, 0) is 11.6 Å². The molecule has 0 aliphatic rings. The van der Waals surface area contributed by atoms with Crippen molar-refractivity contribution in [1.82, 2.24) is 14.1 Å². The van der Waals surface area contributed by atoms with E-state index in [1.165, 1.54) is 21.3 Å². The lowest BCUT2D eigenvalue weighted by atomic mass is 10.2. The van der Waals surface area contributed by atoms with E-state index in [4.69, 9.17) is 5.73 Å². The van der Waals surface area contributed by atoms with Crippen molar-refractivity contribution in [1.29, 1.82) is 0 Å². The van der Waals surface area contributed by atoms with Crippen LogP contribution >= 0.6 is 0 Å². The SMILES string of the molecule is Cn1nccc1S(=O)(=O)N(CCN)Cc1ccccc1. The maximum absolute atomic E-state index is 12.6. The molecule has 2 N–H and O–H groups in total. The number of benzene rings is 1. The van der Waals surface area contributed by atoms with Crippen molar-refractivity contribution in [3.63, 3.8) is 0 Å². The molecule has 0 radical (unpaired) electrons. The summed E-state index contributed by atoms with van der Waals surface area (Å²) in [6, 6.07) is 10.9. The van der Waals surface area contributed by atoms with Gasteiger partial charge in [-0.3, -0.25) is 4.68 Å². The Morgan fingerprint density at radius 1 is 1.25 bits per heavy atom. The fourth-order valence-electron chi connectivity index (χ4n) is 1.96. The molecule has 0 amide bonds. The van der Waals surface area contributed by atoms with Gasteiger partial charge in [-0.15, -0.1) is 0 Å². The van der Waals surface area contributed by atoms with E-state index >= 15 is 0 Å². The summed E-state index contributed by atoms with van der Waals surface area (Å²) in [5, 5.41) is 4.08. The number of nitrogens with zero attached hydrogens (tertiary/aromatic N) is 3. The van der Waals surface area contributed by atoms with Crippen molar-refractivity contribution in [2.45, 2.75) is 11.6 Å². The maximum Gasteiger partial charge on any atom is 0.260 e. The first kappa shape index (κ1) is 14.7. The Labute approximate surface area is 118 Å². The van der Waals surface area contributed by atoms with Crippen LogP contribution < -0.4 is 5.73 Å². The Hall–Kier alpha value is -1.70. The number of hydrogen-bond acceptors (Lipinski definition) is 4. The molecule has 1 aromatic heterocycles. The summed E-state index contributed by atoms with van der Waals surface area (Å²) in [5.74, 6) is 0. The third kappa shape index (κ3) is 3.06. The van der Waals surface area contributed by atoms with E-state index in [9.17, 15) is 8.42 Å². The summed E-state index contributed by atoms with van der Waals surface area (Å²) in [6.45, 7) is 0.831. The lowest BCUT2D eigenvalue weighted by molar-refractivity contribution is 0.408. The minimum absolute atomic E-state index is 0.168. The molecule has 0 aliphatic heterocycles. The highest BCUT2D eigenvalue weighted by atomic mass is 32.2. The van der Waals surface area contributed by atoms with Gasteiger partial charge in [0.2, 0.25) is 0 Å². The lowest BCUT2D eigenvalue weighted by Gasteiger charge is -2.21. The number of hydrogen-bond donors (Lipinski definition) is 1. The molecule has 0 fully saturated rings. The van der Waals surface area contributed by atoms with Crippen LogP contribution in [0, 0.1) is 0 Å². The summed E-state index contributed by atoms with van der Waals surface area (Å²) < 4.78 is 28.0. The van der Waals surface area contributed by atoms with E-state index in [1.807, 2.05) is 30.3 Å². The summed E-state index contributed by atoms with van der Waals surface area (Å²) >= 11 is 0. The average molecular weight is 294 g/mol. The standard InChI is InChI=1S/C13H18N4O2S/c1-16-13(7-9-15-16)20(18,19)17(10-8-14)11-12-5-3-2-4-6-12/h2-7,9H,8,10-11,14H2,1H3. The molecule has 1 aromatic carbocycles. The van der Waals surface area contributed by atoms with Gasteiger partial charge in [0.15, 0.2) is 5.03 Å². The molecule has 1 heterocycles. The second-order valence-corrected chi connectivity index (χ2v) is 6.29. The van der Waals surface area contributed by atoms with Crippen LogP contribution in [0.15, 0.2) is 47.6 Å². The molecule has 0 spiro atoms. The molecule has 2 aromatic rings. The molecule has 0 atom stereocenters. The Morgan fingerprint density at radius 2 is 1.95 bits per heavy atom. The van der Waals surface area contributed by atoms with Gasteiger partial charge in [0.05, 0.1) is 6.20 Å². The van der Waals surface area contributed by atoms with E-state index in [1.54, 1.807) is 7.05 Å². The predicted molar refractivity (Wildman–Crippen MR) is 76.3 cm³/mol. The van der Waals surface area contributed by atoms with Gasteiger partial charge in [0.1, 0.15) is 0 Å². The second-order valence-electron chi connectivity index (χ2n) is 4.41. The van der Waals surface area contributed by atoms with Crippen molar-refractivity contribution >= 4 is 10.0 Å². The zero-order valence-electron chi connectivity index (χ0n) is 11.3. The van der Waals surface area contributed by atoms with Crippen LogP contribution in [0.5, 0.6) is 0 Å². The Bertz CT molecular complexity index is 652. The van der Waals surface area contributed by atoms with E-state index in [2.05, 4.69) is 5.10 Å². The largest absolute Gasteiger partial charge is 0.329 e. The van der Waals surface area contributed by atoms with Gasteiger partial charge in [-0.1, -0.05) is 30.3 Å². The quantitative estimate of drug-likeness (QED) is 0.844. The number of nitrogens with two attached hydrogens (primary N) is 1. The molecular weight excluding hydrogens is 276 g/mol. The van der Waals surface area contributed by atoms with Crippen molar-refractivity contribution < 1.29 is 8.42 Å². The van der Waals surface area contributed by atoms with Gasteiger partial charge in [0, 0.05) is 26.7 Å². The second kappa shape index (κ2) is 6.17. The molecule has 7 heteroatoms. The van der Waals surface area contributed by atoms with Crippen LogP contribution in [0.25, 0.3) is 0 Å². The van der Waals surface area contributed by atoms with E-state index in [0.29, 0.717) is 6.54 Å². The molecular formula is C13H18N4O2S. The smallest absolute Gasteiger partial charge is 0.260 e. The highest BCUT2D eigenvalue weighted by Crippen LogP contribution is 2.17. The van der Waals surface area contributed by atoms with Crippen LogP contribution in [0.4, 0.5) is 0 Å². The summed E-state index contributed by atoms with van der Waals surface area (Å²) in [6.07, 6.45) is 1.47. The first-order valence-corrected chi connectivity index (χ1v) is 7.72. The summed E-state index contributed by atoms with van der Waals surface area (Å²) in [4.78, 5) is 0. The number of sulfonamides is 1. The third-order valence-corrected chi connectivity index (χ3v) is 4.88. The minimum atomic E-state index is -3.59. The fraction of sp³-hybridized carbons (Fsp3) is 0.308. The van der Waals surface area contributed by atoms with Crippen molar-refractivity contribution in [2.75, 3.05) is 13.1 Å². The third-order valence-electron chi connectivity index (χ3n) is 2.96. The fourth-order valence-corrected chi connectivity index (χ4v) is 3.51. The van der Waals surface area contributed by atoms with Crippen molar-refractivity contribution in [2.24, 2.45) is 12.8 Å². The van der Waals surface area contributed by atoms with Crippen LogP contribution in [-0.2, 0) is 23.6 Å². The molecule has 6 nitrogen and oxygen atoms in total. The lowest BCUT2D eigenvalue weighted by Crippen LogP contribution is -2.35. The zero-order valence-corrected chi connectivity index (χ0v) is 12.1. The normalized spacial score (nSPS) is 11.9. The summed E-state index contributed by atoms with van der Waals surface area (Å²) in [5.41, 5.74) is 6.47. The maximum atomic E-state index is 12.6. The van der Waals surface area contributed by atoms with Gasteiger partial charge < -0.3 is 5.73 Å². The first-order chi connectivity index (χ1) is 9.55. The van der Waals surface area contributed by atoms with Crippen LogP contribution in [0.1, 0.15) is 5.56 Å². The molecule has 0 bridgehead atoms. The van der Waals surface area contributed by atoms with Crippen molar-refractivity contribution in [3.8, 4) is 0 Å². The van der Waals surface area contributed by atoms with Gasteiger partial charge in [0.25, 0.3) is 10.0 Å². The number of aromatic nitrogens is 2. The monoisotopic (exact) mass is 294 g/mol. The molecule has 0 saturated heterocycles. The van der Waals surface area contributed by atoms with Gasteiger partial charge in [-0.25, -0.2) is 8.42 Å². The van der Waals surface area contributed by atoms with E-state index in [0.717, 1.165) is 5.56 Å². The van der Waals surface area contributed by atoms with E-state index in [-0.39, 0.29) is 18.1 Å². The number of aryl methyl sites for hydroxylation is 1. The Balaban J connectivity index is 2.31. The van der Waals surface area contributed by atoms with E-state index < -0.39 is 10.0 Å². The Morgan fingerprint density at radius 3 is 2.50 bits per heavy atom. The molecule has 0 unspecified atom stereocenters. The highest BCUT2D eigenvalue weighted by molar-refractivity contribution is 7.89. The minimum Gasteiger partial charge on any atom is -0.329 e. The van der Waals surface area contributed by atoms with Crippen LogP contribution in [-0.4, -0.2) is 35.6 Å².